The molecule has 0 saturated carbocycles. The van der Waals surface area contributed by atoms with Crippen molar-refractivity contribution in [3.63, 3.8) is 0 Å². The first-order valence-electron chi connectivity index (χ1n) is 6.58. The molecule has 0 aliphatic rings. The normalized spacial score (nSPS) is 10.6. The molecule has 5 heteroatoms. The predicted octanol–water partition coefficient (Wildman–Crippen LogP) is 4.59. The molecule has 0 fully saturated rings. The highest BCUT2D eigenvalue weighted by Crippen LogP contribution is 2.21. The number of aromatic nitrogens is 2. The van der Waals surface area contributed by atoms with Crippen molar-refractivity contribution in [2.24, 2.45) is 0 Å². The second-order valence-electron chi connectivity index (χ2n) is 4.66. The minimum Gasteiger partial charge on any atom is -0.355 e. The van der Waals surface area contributed by atoms with Gasteiger partial charge in [0, 0.05) is 30.6 Å². The summed E-state index contributed by atoms with van der Waals surface area (Å²) in [6.45, 7) is 2.94. The highest BCUT2D eigenvalue weighted by molar-refractivity contribution is 9.10. The Hall–Kier alpha value is -0.940. The molecular formula is C15H17Br2N3. The van der Waals surface area contributed by atoms with Crippen LogP contribution in [0.5, 0.6) is 0 Å². The summed E-state index contributed by atoms with van der Waals surface area (Å²) in [6, 6.07) is 10.2. The topological polar surface area (TPSA) is 29.0 Å². The van der Waals surface area contributed by atoms with Crippen LogP contribution in [0, 0.1) is 0 Å². The van der Waals surface area contributed by atoms with Crippen LogP contribution < -0.4 is 4.90 Å². The lowest BCUT2D eigenvalue weighted by molar-refractivity contribution is 0.806. The average molecular weight is 399 g/mol. The Morgan fingerprint density at radius 3 is 2.60 bits per heavy atom. The van der Waals surface area contributed by atoms with E-state index in [1.54, 1.807) is 0 Å². The first kappa shape index (κ1) is 15.4. The highest BCUT2D eigenvalue weighted by Gasteiger charge is 2.09. The Kier molecular flexibility index (Phi) is 5.54. The van der Waals surface area contributed by atoms with Crippen molar-refractivity contribution in [2.45, 2.75) is 26.3 Å². The largest absolute Gasteiger partial charge is 0.355 e. The second kappa shape index (κ2) is 7.18. The van der Waals surface area contributed by atoms with E-state index in [0.29, 0.717) is 0 Å². The number of hydrogen-bond acceptors (Lipinski definition) is 3. The Labute approximate surface area is 136 Å². The number of aryl methyl sites for hydroxylation is 1. The molecule has 0 radical (unpaired) electrons. The second-order valence-corrected chi connectivity index (χ2v) is 6.33. The zero-order valence-corrected chi connectivity index (χ0v) is 14.8. The lowest BCUT2D eigenvalue weighted by atomic mass is 10.2. The summed E-state index contributed by atoms with van der Waals surface area (Å²) in [6.07, 6.45) is 1.94. The molecule has 0 amide bonds. The van der Waals surface area contributed by atoms with Crippen LogP contribution in [0.15, 0.2) is 39.4 Å². The van der Waals surface area contributed by atoms with E-state index in [1.165, 1.54) is 5.56 Å². The van der Waals surface area contributed by atoms with Crippen LogP contribution in [0.4, 0.5) is 5.82 Å². The lowest BCUT2D eigenvalue weighted by Gasteiger charge is -2.19. The summed E-state index contributed by atoms with van der Waals surface area (Å²) in [5.41, 5.74) is 1.24. The van der Waals surface area contributed by atoms with Gasteiger partial charge in [-0.2, -0.15) is 0 Å². The first-order valence-corrected chi connectivity index (χ1v) is 8.16. The van der Waals surface area contributed by atoms with E-state index in [2.05, 4.69) is 65.8 Å². The standard InChI is InChI=1S/C15H17Br2N3/c1-3-6-14-18-13(17)9-15(19-14)20(2)10-11-7-4-5-8-12(11)16/h4-5,7-9H,3,6,10H2,1-2H3. The van der Waals surface area contributed by atoms with Crippen molar-refractivity contribution in [1.82, 2.24) is 9.97 Å². The van der Waals surface area contributed by atoms with Crippen LogP contribution in [0.1, 0.15) is 24.7 Å². The van der Waals surface area contributed by atoms with Crippen molar-refractivity contribution in [1.29, 1.82) is 0 Å². The number of halogens is 2. The van der Waals surface area contributed by atoms with Gasteiger partial charge in [0.05, 0.1) is 0 Å². The quantitative estimate of drug-likeness (QED) is 0.689. The molecule has 0 unspecified atom stereocenters. The third-order valence-corrected chi connectivity index (χ3v) is 4.14. The molecule has 2 rings (SSSR count). The van der Waals surface area contributed by atoms with Crippen molar-refractivity contribution < 1.29 is 0 Å². The molecule has 0 aliphatic carbocycles. The van der Waals surface area contributed by atoms with Gasteiger partial charge < -0.3 is 4.90 Å². The Balaban J connectivity index is 2.20. The molecule has 0 bridgehead atoms. The summed E-state index contributed by atoms with van der Waals surface area (Å²) in [4.78, 5) is 11.1. The van der Waals surface area contributed by atoms with E-state index in [1.807, 2.05) is 25.2 Å². The third kappa shape index (κ3) is 4.03. The van der Waals surface area contributed by atoms with Crippen molar-refractivity contribution in [3.05, 3.63) is 50.8 Å². The molecule has 1 heterocycles. The fraction of sp³-hybridized carbons (Fsp3) is 0.333. The fourth-order valence-corrected chi connectivity index (χ4v) is 2.77. The van der Waals surface area contributed by atoms with Crippen LogP contribution in [0.2, 0.25) is 0 Å². The minimum absolute atomic E-state index is 0.802. The van der Waals surface area contributed by atoms with E-state index in [9.17, 15) is 0 Å². The molecule has 106 valence electrons. The summed E-state index contributed by atoms with van der Waals surface area (Å²) < 4.78 is 1.96. The summed E-state index contributed by atoms with van der Waals surface area (Å²) in [7, 11) is 2.05. The highest BCUT2D eigenvalue weighted by atomic mass is 79.9. The average Bonchev–Trinajstić information content (AvgIpc) is 2.41. The van der Waals surface area contributed by atoms with Crippen molar-refractivity contribution in [3.8, 4) is 0 Å². The van der Waals surface area contributed by atoms with E-state index in [-0.39, 0.29) is 0 Å². The van der Waals surface area contributed by atoms with Gasteiger partial charge in [0.2, 0.25) is 0 Å². The van der Waals surface area contributed by atoms with Gasteiger partial charge in [-0.05, 0) is 34.0 Å². The number of rotatable bonds is 5. The third-order valence-electron chi connectivity index (χ3n) is 2.96. The number of benzene rings is 1. The number of nitrogens with zero attached hydrogens (tertiary/aromatic N) is 3. The Bertz CT molecular complexity index is 587. The molecule has 3 nitrogen and oxygen atoms in total. The van der Waals surface area contributed by atoms with Gasteiger partial charge in [-0.3, -0.25) is 0 Å². The summed E-state index contributed by atoms with van der Waals surface area (Å²) in [5.74, 6) is 1.82. The van der Waals surface area contributed by atoms with Gasteiger partial charge >= 0.3 is 0 Å². The molecule has 1 aromatic carbocycles. The number of hydrogen-bond donors (Lipinski definition) is 0. The zero-order chi connectivity index (χ0) is 14.5. The lowest BCUT2D eigenvalue weighted by Crippen LogP contribution is -2.19. The van der Waals surface area contributed by atoms with Gasteiger partial charge in [-0.25, -0.2) is 9.97 Å². The SMILES string of the molecule is CCCc1nc(Br)cc(N(C)Cc2ccccc2Br)n1. The van der Waals surface area contributed by atoms with Crippen molar-refractivity contribution >= 4 is 37.7 Å². The molecule has 2 aromatic rings. The fourth-order valence-electron chi connectivity index (χ4n) is 1.95. The van der Waals surface area contributed by atoms with E-state index < -0.39 is 0 Å². The van der Waals surface area contributed by atoms with E-state index in [4.69, 9.17) is 0 Å². The van der Waals surface area contributed by atoms with Crippen LogP contribution in [0.25, 0.3) is 0 Å². The van der Waals surface area contributed by atoms with Gasteiger partial charge in [0.15, 0.2) is 0 Å². The molecule has 20 heavy (non-hydrogen) atoms. The maximum Gasteiger partial charge on any atom is 0.133 e. The molecule has 0 aliphatic heterocycles. The maximum atomic E-state index is 4.62. The van der Waals surface area contributed by atoms with Crippen LogP contribution in [0.3, 0.4) is 0 Å². The van der Waals surface area contributed by atoms with Crippen LogP contribution in [-0.4, -0.2) is 17.0 Å². The molecule has 0 N–H and O–H groups in total. The molecule has 0 saturated heterocycles. The Morgan fingerprint density at radius 1 is 1.15 bits per heavy atom. The Morgan fingerprint density at radius 2 is 1.90 bits per heavy atom. The molecule has 0 spiro atoms. The first-order chi connectivity index (χ1) is 9.60. The van der Waals surface area contributed by atoms with Gasteiger partial charge in [0.1, 0.15) is 16.2 Å². The predicted molar refractivity (Wildman–Crippen MR) is 90.0 cm³/mol. The van der Waals surface area contributed by atoms with E-state index in [0.717, 1.165) is 40.1 Å². The van der Waals surface area contributed by atoms with E-state index >= 15 is 0 Å². The van der Waals surface area contributed by atoms with Crippen LogP contribution in [-0.2, 0) is 13.0 Å². The van der Waals surface area contributed by atoms with Gasteiger partial charge in [-0.15, -0.1) is 0 Å². The maximum absolute atomic E-state index is 4.62. The smallest absolute Gasteiger partial charge is 0.133 e. The van der Waals surface area contributed by atoms with Gasteiger partial charge in [-0.1, -0.05) is 41.1 Å². The molecule has 1 aromatic heterocycles. The molecule has 0 atom stereocenters. The summed E-state index contributed by atoms with van der Waals surface area (Å²) in [5, 5.41) is 0. The van der Waals surface area contributed by atoms with Gasteiger partial charge in [0.25, 0.3) is 0 Å². The van der Waals surface area contributed by atoms with Crippen molar-refractivity contribution in [2.75, 3.05) is 11.9 Å². The minimum atomic E-state index is 0.802. The zero-order valence-electron chi connectivity index (χ0n) is 11.6. The monoisotopic (exact) mass is 397 g/mol. The van der Waals surface area contributed by atoms with Crippen LogP contribution >= 0.6 is 31.9 Å². The molecular weight excluding hydrogens is 382 g/mol. The summed E-state index contributed by atoms with van der Waals surface area (Å²) >= 11 is 7.05. The number of anilines is 1.